The number of halogens is 3. The first-order valence-corrected chi connectivity index (χ1v) is 38.5. The van der Waals surface area contributed by atoms with Crippen LogP contribution in [0.1, 0.15) is 25.7 Å². The molecular formula is C66H81Br2ClN20O4P2. The largest absolute Gasteiger partial charge is 0.397 e. The number of hydrogen-bond donors (Lipinski definition) is 6. The lowest BCUT2D eigenvalue weighted by Crippen LogP contribution is -2.52. The van der Waals surface area contributed by atoms with Crippen molar-refractivity contribution in [3.8, 4) is 0 Å². The van der Waals surface area contributed by atoms with Crippen LogP contribution in [-0.2, 0) is 18.7 Å². The second-order valence-electron chi connectivity index (χ2n) is 24.6. The van der Waals surface area contributed by atoms with E-state index in [1.54, 1.807) is 63.8 Å². The average molecular weight is 1480 g/mol. The molecule has 4 aliphatic rings. The fourth-order valence-electron chi connectivity index (χ4n) is 12.3. The molecule has 0 aliphatic carbocycles. The van der Waals surface area contributed by atoms with E-state index in [2.05, 4.69) is 151 Å². The number of carbonyl (C=O) groups excluding carboxylic acids is 2. The van der Waals surface area contributed by atoms with E-state index in [1.807, 2.05) is 54.6 Å². The molecule has 500 valence electrons. The second-order valence-corrected chi connectivity index (χ2v) is 33.0. The van der Waals surface area contributed by atoms with E-state index in [4.69, 9.17) is 27.3 Å². The van der Waals surface area contributed by atoms with Crippen LogP contribution in [-0.4, -0.2) is 202 Å². The third kappa shape index (κ3) is 18.1. The zero-order valence-corrected chi connectivity index (χ0v) is 60.0. The van der Waals surface area contributed by atoms with Gasteiger partial charge in [0.25, 0.3) is 0 Å². The number of fused-ring (bicyclic) bond motifs is 2. The highest BCUT2D eigenvalue weighted by atomic mass is 79.9. The van der Waals surface area contributed by atoms with E-state index >= 15 is 0 Å². The van der Waals surface area contributed by atoms with E-state index in [-0.39, 0.29) is 5.91 Å². The number of anilines is 12. The molecule has 8 aromatic rings. The van der Waals surface area contributed by atoms with Gasteiger partial charge >= 0.3 is 0 Å². The van der Waals surface area contributed by atoms with Crippen molar-refractivity contribution in [3.05, 3.63) is 132 Å². The number of piperidine rings is 2. The number of amides is 1. The molecular weight excluding hydrogens is 1390 g/mol. The molecule has 7 N–H and O–H groups in total. The number of piperazine rings is 2. The van der Waals surface area contributed by atoms with Crippen LogP contribution < -0.4 is 52.7 Å². The zero-order valence-electron chi connectivity index (χ0n) is 54.3. The van der Waals surface area contributed by atoms with Gasteiger partial charge in [0, 0.05) is 139 Å². The standard InChI is InChI=1S/C33H40BrN10O2P.C30H38BrN10OP.C3H3ClO/c1-5-29(45)39-27-20-22(6-9-28(27)44-14-10-23(11-15-44)43-18-16-42(2)17-19-43)38-33-37-21-24(34)32(41-33)40-26-8-7-25-30(36-13-12-35-25)31(26)47(3,4)46;1-39-14-16-40(17-15-39)21-8-12-41(13-9-21)26-7-4-20(18-23(26)32)36-30-35-19-22(31)29(38-30)37-25-6-5-24-27(34-11-10-33-24)28(25)43(2,3)42;1-2-3(4)5/h5-9,12-13,20-21,23H,1,10-11,14-19H2,2-4H3,(H,39,45)(H2,37,38,40,41);4-7,10-11,18-19,21H,8-9,12-17,32H2,1-3H3,(H2,35,36,37,38);2H,1H2. The monoisotopic (exact) mass is 1470 g/mol. The zero-order chi connectivity index (χ0) is 67.6. The number of nitrogens with two attached hydrogens (primary N) is 1. The van der Waals surface area contributed by atoms with Crippen LogP contribution in [0.3, 0.4) is 0 Å². The maximum atomic E-state index is 13.4. The lowest BCUT2D eigenvalue weighted by atomic mass is 10.0. The van der Waals surface area contributed by atoms with Gasteiger partial charge in [-0.05, 0) is 183 Å². The number of benzene rings is 4. The van der Waals surface area contributed by atoms with Gasteiger partial charge in [0.2, 0.25) is 23.0 Å². The van der Waals surface area contributed by atoms with E-state index < -0.39 is 19.5 Å². The van der Waals surface area contributed by atoms with Gasteiger partial charge in [0.15, 0.2) is 0 Å². The summed E-state index contributed by atoms with van der Waals surface area (Å²) in [6, 6.07) is 20.6. The highest BCUT2D eigenvalue weighted by Gasteiger charge is 2.31. The highest BCUT2D eigenvalue weighted by Crippen LogP contribution is 2.43. The summed E-state index contributed by atoms with van der Waals surface area (Å²) >= 11 is 11.8. The predicted molar refractivity (Wildman–Crippen MR) is 396 cm³/mol. The topological polar surface area (TPSA) is 277 Å². The minimum Gasteiger partial charge on any atom is -0.397 e. The molecule has 95 heavy (non-hydrogen) atoms. The maximum Gasteiger partial charge on any atom is 0.247 e. The van der Waals surface area contributed by atoms with Crippen LogP contribution >= 0.6 is 57.7 Å². The normalized spacial score (nSPS) is 16.4. The van der Waals surface area contributed by atoms with E-state index in [1.165, 1.54) is 6.08 Å². The SMILES string of the molecule is C=CC(=O)Cl.C=CC(=O)Nc1cc(Nc2ncc(Br)c(Nc3ccc4nccnc4c3P(C)(C)=O)n2)ccc1N1CCC(N2CCN(C)CC2)CC1.CN1CCN(C2CCN(c3ccc(Nc4ncc(Br)c(Nc5ccc6nccnc6c5P(C)(C)=O)n4)cc3N)CC2)CC1. The molecule has 4 saturated heterocycles. The van der Waals surface area contributed by atoms with Crippen LogP contribution in [0.2, 0.25) is 0 Å². The summed E-state index contributed by atoms with van der Waals surface area (Å²) in [5.41, 5.74) is 15.4. The fraction of sp³-hybridized carbons (Fsp3) is 0.364. The summed E-state index contributed by atoms with van der Waals surface area (Å²) in [5, 5.41) is 17.0. The fourth-order valence-corrected chi connectivity index (χ4v) is 15.7. The second kappa shape index (κ2) is 31.6. The molecule has 4 aromatic heterocycles. The lowest BCUT2D eigenvalue weighted by molar-refractivity contribution is -0.112. The lowest BCUT2D eigenvalue weighted by Gasteiger charge is -2.43. The molecule has 24 nitrogen and oxygen atoms in total. The van der Waals surface area contributed by atoms with Gasteiger partial charge in [0.05, 0.1) is 64.7 Å². The number of nitrogens with one attached hydrogen (secondary N) is 5. The summed E-state index contributed by atoms with van der Waals surface area (Å²) in [4.78, 5) is 72.8. The molecule has 4 fully saturated rings. The molecule has 0 atom stereocenters. The van der Waals surface area contributed by atoms with Crippen molar-refractivity contribution in [2.75, 3.05) is 161 Å². The Bertz CT molecular complexity index is 4190. The van der Waals surface area contributed by atoms with Crippen LogP contribution in [0.15, 0.2) is 132 Å². The van der Waals surface area contributed by atoms with Crippen molar-refractivity contribution in [2.24, 2.45) is 0 Å². The number of nitrogens with zero attached hydrogens (tertiary/aromatic N) is 14. The summed E-state index contributed by atoms with van der Waals surface area (Å²) in [5.74, 6) is 1.49. The number of allylic oxidation sites excluding steroid dienone is 1. The van der Waals surface area contributed by atoms with Gasteiger partial charge in [-0.2, -0.15) is 9.97 Å². The van der Waals surface area contributed by atoms with Crippen molar-refractivity contribution in [2.45, 2.75) is 37.8 Å². The van der Waals surface area contributed by atoms with Crippen LogP contribution in [0.4, 0.5) is 69.0 Å². The van der Waals surface area contributed by atoms with Crippen LogP contribution in [0, 0.1) is 0 Å². The van der Waals surface area contributed by atoms with Gasteiger partial charge in [-0.25, -0.2) is 9.97 Å². The first-order valence-electron chi connectivity index (χ1n) is 31.4. The summed E-state index contributed by atoms with van der Waals surface area (Å²) < 4.78 is 28.0. The Balaban J connectivity index is 0.000000194. The Kier molecular flexibility index (Phi) is 23.4. The molecule has 0 unspecified atom stereocenters. The van der Waals surface area contributed by atoms with Gasteiger partial charge in [0.1, 0.15) is 37.0 Å². The summed E-state index contributed by atoms with van der Waals surface area (Å²) in [6.07, 6.45) is 16.6. The minimum absolute atomic E-state index is 0.276. The van der Waals surface area contributed by atoms with Gasteiger partial charge < -0.3 is 61.0 Å². The molecule has 12 rings (SSSR count). The van der Waals surface area contributed by atoms with Crippen molar-refractivity contribution in [1.82, 2.24) is 59.5 Å². The highest BCUT2D eigenvalue weighted by molar-refractivity contribution is 9.11. The molecule has 4 aliphatic heterocycles. The Hall–Kier alpha value is -7.51. The minimum atomic E-state index is -2.76. The third-order valence-electron chi connectivity index (χ3n) is 17.2. The number of hydrogen-bond acceptors (Lipinski definition) is 23. The molecule has 0 bridgehead atoms. The number of nitrogen functional groups attached to an aromatic ring is 1. The van der Waals surface area contributed by atoms with Crippen molar-refractivity contribution >= 4 is 171 Å². The Morgan fingerprint density at radius 1 is 0.547 bits per heavy atom. The maximum absolute atomic E-state index is 13.4. The van der Waals surface area contributed by atoms with E-state index in [0.29, 0.717) is 100.0 Å². The van der Waals surface area contributed by atoms with E-state index in [0.717, 1.165) is 133 Å². The van der Waals surface area contributed by atoms with Gasteiger partial charge in [-0.15, -0.1) is 0 Å². The molecule has 1 amide bonds. The number of carbonyl (C=O) groups is 2. The Labute approximate surface area is 576 Å². The van der Waals surface area contributed by atoms with Gasteiger partial charge in [-0.1, -0.05) is 13.2 Å². The van der Waals surface area contributed by atoms with Crippen LogP contribution in [0.5, 0.6) is 0 Å². The van der Waals surface area contributed by atoms with Gasteiger partial charge in [-0.3, -0.25) is 39.3 Å². The van der Waals surface area contributed by atoms with E-state index in [9.17, 15) is 18.7 Å². The summed E-state index contributed by atoms with van der Waals surface area (Å²) in [7, 11) is -1.09. The quantitative estimate of drug-likeness (QED) is 0.0214. The third-order valence-corrected chi connectivity index (χ3v) is 21.5. The molecule has 0 radical (unpaired) electrons. The predicted octanol–water partition coefficient (Wildman–Crippen LogP) is 10.9. The number of likely N-dealkylation sites (N-methyl/N-ethyl adjacent to an activating group) is 2. The molecule has 0 spiro atoms. The molecule has 0 saturated carbocycles. The first kappa shape index (κ1) is 70.3. The van der Waals surface area contributed by atoms with Crippen molar-refractivity contribution < 1.29 is 18.7 Å². The smallest absolute Gasteiger partial charge is 0.247 e. The molecule has 29 heteroatoms. The Morgan fingerprint density at radius 3 is 1.37 bits per heavy atom. The number of rotatable bonds is 17. The van der Waals surface area contributed by atoms with Crippen molar-refractivity contribution in [3.63, 3.8) is 0 Å². The molecule has 8 heterocycles. The Morgan fingerprint density at radius 2 is 0.958 bits per heavy atom. The average Bonchev–Trinajstić information content (AvgIpc) is 0.847. The summed E-state index contributed by atoms with van der Waals surface area (Å²) in [6.45, 7) is 26.5. The van der Waals surface area contributed by atoms with Crippen molar-refractivity contribution in [1.29, 1.82) is 0 Å². The number of aromatic nitrogens is 8. The first-order chi connectivity index (χ1) is 45.5. The molecule has 4 aromatic carbocycles. The van der Waals surface area contributed by atoms with Crippen LogP contribution in [0.25, 0.3) is 22.1 Å².